The summed E-state index contributed by atoms with van der Waals surface area (Å²) in [7, 11) is 0. The van der Waals surface area contributed by atoms with Gasteiger partial charge in [0.2, 0.25) is 0 Å². The van der Waals surface area contributed by atoms with Gasteiger partial charge in [0.05, 0.1) is 0 Å². The van der Waals surface area contributed by atoms with Gasteiger partial charge in [-0.25, -0.2) is 0 Å². The van der Waals surface area contributed by atoms with E-state index in [1.54, 1.807) is 0 Å². The molecule has 17 heavy (non-hydrogen) atoms. The van der Waals surface area contributed by atoms with E-state index in [0.29, 0.717) is 5.92 Å². The highest BCUT2D eigenvalue weighted by Gasteiger charge is 2.34. The van der Waals surface area contributed by atoms with Crippen molar-refractivity contribution >= 4 is 15.9 Å². The molecule has 0 spiro atoms. The number of halogens is 1. The van der Waals surface area contributed by atoms with E-state index in [4.69, 9.17) is 5.73 Å². The lowest BCUT2D eigenvalue weighted by Gasteiger charge is -2.28. The summed E-state index contributed by atoms with van der Waals surface area (Å²) in [5, 5.41) is 0. The molecule has 0 aromatic heterocycles. The van der Waals surface area contributed by atoms with E-state index < -0.39 is 0 Å². The van der Waals surface area contributed by atoms with Crippen molar-refractivity contribution in [3.63, 3.8) is 0 Å². The molecule has 0 bridgehead atoms. The average molecular weight is 296 g/mol. The molecule has 0 saturated heterocycles. The Kier molecular flexibility index (Phi) is 3.94. The highest BCUT2D eigenvalue weighted by molar-refractivity contribution is 9.10. The van der Waals surface area contributed by atoms with Crippen LogP contribution in [0.15, 0.2) is 22.7 Å². The van der Waals surface area contributed by atoms with Crippen LogP contribution in [0.3, 0.4) is 0 Å². The van der Waals surface area contributed by atoms with Crippen molar-refractivity contribution in [1.82, 2.24) is 0 Å². The first kappa shape index (κ1) is 13.1. The van der Waals surface area contributed by atoms with Crippen LogP contribution in [0.1, 0.15) is 56.6 Å². The second kappa shape index (κ2) is 5.11. The molecular weight excluding hydrogens is 274 g/mol. The van der Waals surface area contributed by atoms with Gasteiger partial charge in [-0.15, -0.1) is 0 Å². The molecule has 0 amide bonds. The molecule has 1 aromatic carbocycles. The molecule has 1 fully saturated rings. The number of hydrogen-bond donors (Lipinski definition) is 1. The minimum Gasteiger partial charge on any atom is -0.330 e. The van der Waals surface area contributed by atoms with Crippen LogP contribution in [0.2, 0.25) is 0 Å². The van der Waals surface area contributed by atoms with Crippen LogP contribution in [0, 0.1) is 0 Å². The first-order valence-electron chi connectivity index (χ1n) is 6.59. The van der Waals surface area contributed by atoms with Gasteiger partial charge in [0, 0.05) is 16.4 Å². The Morgan fingerprint density at radius 2 is 1.94 bits per heavy atom. The van der Waals surface area contributed by atoms with Crippen LogP contribution in [-0.2, 0) is 5.41 Å². The van der Waals surface area contributed by atoms with Gasteiger partial charge >= 0.3 is 0 Å². The fraction of sp³-hybridized carbons (Fsp3) is 0.600. The number of rotatable bonds is 3. The van der Waals surface area contributed by atoms with Crippen LogP contribution >= 0.6 is 15.9 Å². The lowest BCUT2D eigenvalue weighted by molar-refractivity contribution is 0.452. The summed E-state index contributed by atoms with van der Waals surface area (Å²) in [5.74, 6) is 0.566. The minimum atomic E-state index is 0.248. The summed E-state index contributed by atoms with van der Waals surface area (Å²) in [6, 6.07) is 6.85. The lowest BCUT2D eigenvalue weighted by atomic mass is 9.78. The third-order valence-electron chi connectivity index (χ3n) is 4.19. The molecule has 1 nitrogen and oxygen atoms in total. The summed E-state index contributed by atoms with van der Waals surface area (Å²) >= 11 is 3.71. The third-order valence-corrected chi connectivity index (χ3v) is 4.87. The molecule has 1 aliphatic carbocycles. The van der Waals surface area contributed by atoms with Gasteiger partial charge in [-0.05, 0) is 36.0 Å². The Hall–Kier alpha value is -0.340. The molecule has 1 aromatic rings. The van der Waals surface area contributed by atoms with E-state index in [2.05, 4.69) is 48.0 Å². The van der Waals surface area contributed by atoms with Crippen LogP contribution in [0.25, 0.3) is 0 Å². The van der Waals surface area contributed by atoms with Crippen molar-refractivity contribution in [1.29, 1.82) is 0 Å². The predicted octanol–water partition coefficient (Wildman–Crippen LogP) is 4.34. The molecule has 1 aliphatic rings. The highest BCUT2D eigenvalue weighted by Crippen LogP contribution is 2.41. The quantitative estimate of drug-likeness (QED) is 0.882. The number of hydrogen-bond acceptors (Lipinski definition) is 1. The maximum Gasteiger partial charge on any atom is 0.0212 e. The number of nitrogens with two attached hydrogens (primary N) is 1. The summed E-state index contributed by atoms with van der Waals surface area (Å²) in [6.07, 6.45) is 5.13. The Balaban J connectivity index is 2.36. The SMILES string of the molecule is CC(C)c1ccc(C2(CN)CCCC2)cc1Br. The van der Waals surface area contributed by atoms with Crippen molar-refractivity contribution in [2.75, 3.05) is 6.54 Å². The maximum atomic E-state index is 6.03. The van der Waals surface area contributed by atoms with Gasteiger partial charge in [0.1, 0.15) is 0 Å². The van der Waals surface area contributed by atoms with Gasteiger partial charge < -0.3 is 5.73 Å². The second-order valence-corrected chi connectivity index (χ2v) is 6.44. The third kappa shape index (κ3) is 2.43. The zero-order chi connectivity index (χ0) is 12.5. The maximum absolute atomic E-state index is 6.03. The smallest absolute Gasteiger partial charge is 0.0212 e. The monoisotopic (exact) mass is 295 g/mol. The topological polar surface area (TPSA) is 26.0 Å². The van der Waals surface area contributed by atoms with E-state index in [1.165, 1.54) is 41.3 Å². The van der Waals surface area contributed by atoms with Crippen LogP contribution < -0.4 is 5.73 Å². The van der Waals surface area contributed by atoms with Crippen molar-refractivity contribution in [3.8, 4) is 0 Å². The molecule has 0 aliphatic heterocycles. The molecule has 0 atom stereocenters. The van der Waals surface area contributed by atoms with Crippen molar-refractivity contribution < 1.29 is 0 Å². The molecular formula is C15H22BrN. The Labute approximate surface area is 113 Å². The molecule has 0 unspecified atom stereocenters. The Bertz CT molecular complexity index is 392. The van der Waals surface area contributed by atoms with Gasteiger partial charge in [-0.1, -0.05) is 54.8 Å². The summed E-state index contributed by atoms with van der Waals surface area (Å²) in [6.45, 7) is 5.24. The van der Waals surface area contributed by atoms with E-state index >= 15 is 0 Å². The van der Waals surface area contributed by atoms with Gasteiger partial charge in [-0.3, -0.25) is 0 Å². The first-order valence-corrected chi connectivity index (χ1v) is 7.38. The van der Waals surface area contributed by atoms with Gasteiger partial charge in [0.25, 0.3) is 0 Å². The molecule has 94 valence electrons. The van der Waals surface area contributed by atoms with E-state index in [1.807, 2.05) is 0 Å². The fourth-order valence-corrected chi connectivity index (χ4v) is 3.82. The zero-order valence-corrected chi connectivity index (χ0v) is 12.4. The summed E-state index contributed by atoms with van der Waals surface area (Å²) < 4.78 is 1.24. The molecule has 0 heterocycles. The largest absolute Gasteiger partial charge is 0.330 e. The van der Waals surface area contributed by atoms with Crippen molar-refractivity contribution in [2.45, 2.75) is 50.9 Å². The molecule has 0 radical (unpaired) electrons. The van der Waals surface area contributed by atoms with Gasteiger partial charge in [-0.2, -0.15) is 0 Å². The summed E-state index contributed by atoms with van der Waals surface area (Å²) in [5.41, 5.74) is 9.09. The highest BCUT2D eigenvalue weighted by atomic mass is 79.9. The second-order valence-electron chi connectivity index (χ2n) is 5.58. The van der Waals surface area contributed by atoms with Gasteiger partial charge in [0.15, 0.2) is 0 Å². The molecule has 2 heteroatoms. The van der Waals surface area contributed by atoms with Crippen molar-refractivity contribution in [3.05, 3.63) is 33.8 Å². The molecule has 1 saturated carbocycles. The predicted molar refractivity (Wildman–Crippen MR) is 77.4 cm³/mol. The van der Waals surface area contributed by atoms with Crippen LogP contribution in [0.5, 0.6) is 0 Å². The average Bonchev–Trinajstić information content (AvgIpc) is 2.78. The normalized spacial score (nSPS) is 18.9. The van der Waals surface area contributed by atoms with Crippen LogP contribution in [0.4, 0.5) is 0 Å². The van der Waals surface area contributed by atoms with E-state index in [0.717, 1.165) is 6.54 Å². The number of benzene rings is 1. The van der Waals surface area contributed by atoms with Crippen LogP contribution in [-0.4, -0.2) is 6.54 Å². The zero-order valence-electron chi connectivity index (χ0n) is 10.8. The Morgan fingerprint density at radius 1 is 1.29 bits per heavy atom. The fourth-order valence-electron chi connectivity index (χ4n) is 2.99. The molecule has 2 rings (SSSR count). The Morgan fingerprint density at radius 3 is 2.41 bits per heavy atom. The van der Waals surface area contributed by atoms with Crippen molar-refractivity contribution in [2.24, 2.45) is 5.73 Å². The molecule has 2 N–H and O–H groups in total. The standard InChI is InChI=1S/C15H22BrN/c1-11(2)13-6-5-12(9-14(13)16)15(10-17)7-3-4-8-15/h5-6,9,11H,3-4,7-8,10,17H2,1-2H3. The van der Waals surface area contributed by atoms with E-state index in [9.17, 15) is 0 Å². The first-order chi connectivity index (χ1) is 8.09. The van der Waals surface area contributed by atoms with E-state index in [-0.39, 0.29) is 5.41 Å². The summed E-state index contributed by atoms with van der Waals surface area (Å²) in [4.78, 5) is 0. The minimum absolute atomic E-state index is 0.248. The lowest BCUT2D eigenvalue weighted by Crippen LogP contribution is -2.32.